The van der Waals surface area contributed by atoms with Gasteiger partial charge in [0.15, 0.2) is 5.69 Å². The van der Waals surface area contributed by atoms with Crippen molar-refractivity contribution in [1.29, 1.82) is 0 Å². The minimum Gasteiger partial charge on any atom is -0.481 e. The number of rotatable bonds is 4. The number of hydrogen-bond acceptors (Lipinski definition) is 5. The van der Waals surface area contributed by atoms with Crippen LogP contribution in [0.25, 0.3) is 16.8 Å². The molecule has 0 aliphatic heterocycles. The maximum Gasteiger partial charge on any atom is 0.455 e. The van der Waals surface area contributed by atoms with Crippen molar-refractivity contribution < 1.29 is 39.9 Å². The number of halogens is 8. The first-order valence-electron chi connectivity index (χ1n) is 7.75. The molecule has 0 bridgehead atoms. The van der Waals surface area contributed by atoms with Gasteiger partial charge in [-0.1, -0.05) is 0 Å². The predicted octanol–water partition coefficient (Wildman–Crippen LogP) is 3.18. The monoisotopic (exact) mass is 443 g/mol. The van der Waals surface area contributed by atoms with Gasteiger partial charge in [0.05, 0.1) is 18.9 Å². The van der Waals surface area contributed by atoms with Gasteiger partial charge in [-0.2, -0.15) is 40.2 Å². The fourth-order valence-corrected chi connectivity index (χ4v) is 2.48. The summed E-state index contributed by atoms with van der Waals surface area (Å²) in [6.45, 7) is -1.99. The zero-order valence-corrected chi connectivity index (χ0v) is 14.6. The predicted molar refractivity (Wildman–Crippen MR) is 83.0 cm³/mol. The summed E-state index contributed by atoms with van der Waals surface area (Å²) in [4.78, 5) is 19.7. The van der Waals surface area contributed by atoms with E-state index in [1.807, 2.05) is 0 Å². The molecule has 3 rings (SSSR count). The summed E-state index contributed by atoms with van der Waals surface area (Å²) in [6, 6.07) is 0.952. The molecule has 0 unspecified atom stereocenters. The van der Waals surface area contributed by atoms with Crippen molar-refractivity contribution in [2.24, 2.45) is 0 Å². The van der Waals surface area contributed by atoms with Gasteiger partial charge in [0, 0.05) is 17.8 Å². The van der Waals surface area contributed by atoms with Crippen LogP contribution in [0.15, 0.2) is 29.6 Å². The molecule has 0 fully saturated rings. The molecule has 0 spiro atoms. The highest BCUT2D eigenvalue weighted by Gasteiger charge is 2.57. The molecule has 0 saturated heterocycles. The van der Waals surface area contributed by atoms with Crippen molar-refractivity contribution in [2.75, 3.05) is 7.11 Å². The molecule has 0 saturated carbocycles. The van der Waals surface area contributed by atoms with Crippen molar-refractivity contribution in [2.45, 2.75) is 24.8 Å². The van der Waals surface area contributed by atoms with Crippen molar-refractivity contribution in [3.05, 3.63) is 40.8 Å². The van der Waals surface area contributed by atoms with Crippen LogP contribution in [-0.4, -0.2) is 43.4 Å². The topological polar surface area (TPSA) is 74.3 Å². The third-order valence-electron chi connectivity index (χ3n) is 3.87. The highest BCUT2D eigenvalue weighted by molar-refractivity contribution is 5.66. The lowest BCUT2D eigenvalue weighted by molar-refractivity contribution is -0.287. The Hall–Kier alpha value is -3.26. The molecule has 0 atom stereocenters. The number of aromatic nitrogens is 5. The van der Waals surface area contributed by atoms with Crippen LogP contribution >= 0.6 is 0 Å². The summed E-state index contributed by atoms with van der Waals surface area (Å²) in [5, 5.41) is 3.22. The second-order valence-electron chi connectivity index (χ2n) is 5.93. The van der Waals surface area contributed by atoms with Crippen LogP contribution in [0.5, 0.6) is 5.88 Å². The Morgan fingerprint density at radius 1 is 1.10 bits per heavy atom. The van der Waals surface area contributed by atoms with Crippen molar-refractivity contribution in [1.82, 2.24) is 24.1 Å². The van der Waals surface area contributed by atoms with Crippen LogP contribution in [0.4, 0.5) is 35.1 Å². The highest BCUT2D eigenvalue weighted by Crippen LogP contribution is 2.37. The van der Waals surface area contributed by atoms with Crippen molar-refractivity contribution in [3.8, 4) is 17.0 Å². The molecular formula is C15H9F8N5O2. The van der Waals surface area contributed by atoms with E-state index in [1.54, 1.807) is 0 Å². The van der Waals surface area contributed by atoms with E-state index in [0.717, 1.165) is 12.4 Å². The fraction of sp³-hybridized carbons (Fsp3) is 0.333. The van der Waals surface area contributed by atoms with Gasteiger partial charge in [-0.15, -0.1) is 0 Å². The standard InChI is InChI=1S/C15H9F8N5O2/c1-30-9-2-8-26-11(14(18,19)20)10(12(29)28(8)6-24-9)7-3-25-27(4-7)5-13(16,17)15(21,22)23/h2-4,6H,5H2,1H3. The van der Waals surface area contributed by atoms with Crippen molar-refractivity contribution in [3.63, 3.8) is 0 Å². The maximum atomic E-state index is 13.5. The second-order valence-corrected chi connectivity index (χ2v) is 5.93. The Bertz CT molecular complexity index is 1150. The van der Waals surface area contributed by atoms with Crippen molar-refractivity contribution >= 4 is 5.65 Å². The second kappa shape index (κ2) is 6.91. The van der Waals surface area contributed by atoms with Crippen LogP contribution in [-0.2, 0) is 12.7 Å². The molecule has 30 heavy (non-hydrogen) atoms. The average molecular weight is 443 g/mol. The Balaban J connectivity index is 2.18. The van der Waals surface area contributed by atoms with Gasteiger partial charge in [-0.25, -0.2) is 14.4 Å². The van der Waals surface area contributed by atoms with Crippen LogP contribution in [0, 0.1) is 0 Å². The lowest BCUT2D eigenvalue weighted by atomic mass is 10.1. The third-order valence-corrected chi connectivity index (χ3v) is 3.87. The van der Waals surface area contributed by atoms with Gasteiger partial charge < -0.3 is 4.74 Å². The van der Waals surface area contributed by atoms with E-state index in [4.69, 9.17) is 4.74 Å². The summed E-state index contributed by atoms with van der Waals surface area (Å²) < 4.78 is 109. The smallest absolute Gasteiger partial charge is 0.455 e. The van der Waals surface area contributed by atoms with E-state index in [1.165, 1.54) is 7.11 Å². The normalized spacial score (nSPS) is 13.1. The minimum absolute atomic E-state index is 0.0869. The molecule has 0 N–H and O–H groups in total. The molecular weight excluding hydrogens is 434 g/mol. The van der Waals surface area contributed by atoms with E-state index in [9.17, 15) is 39.9 Å². The SMILES string of the molecule is COc1cc2nc(C(F)(F)F)c(-c3cnn(CC(F)(F)C(F)(F)F)c3)c(=O)n2cn1. The first-order chi connectivity index (χ1) is 13.7. The van der Waals surface area contributed by atoms with E-state index < -0.39 is 52.8 Å². The van der Waals surface area contributed by atoms with Gasteiger partial charge >= 0.3 is 18.3 Å². The minimum atomic E-state index is -5.90. The molecule has 0 aromatic carbocycles. The fourth-order valence-electron chi connectivity index (χ4n) is 2.48. The quantitative estimate of drug-likeness (QED) is 0.580. The number of ether oxygens (including phenoxy) is 1. The van der Waals surface area contributed by atoms with E-state index in [2.05, 4.69) is 15.1 Å². The first kappa shape index (κ1) is 21.4. The molecule has 0 aliphatic rings. The van der Waals surface area contributed by atoms with Gasteiger partial charge in [0.2, 0.25) is 5.88 Å². The highest BCUT2D eigenvalue weighted by atomic mass is 19.4. The van der Waals surface area contributed by atoms with Gasteiger partial charge in [-0.05, 0) is 0 Å². The summed E-state index contributed by atoms with van der Waals surface area (Å²) in [6.07, 6.45) is -9.20. The Morgan fingerprint density at radius 2 is 1.77 bits per heavy atom. The zero-order valence-electron chi connectivity index (χ0n) is 14.6. The number of alkyl halides is 8. The van der Waals surface area contributed by atoms with Crippen LogP contribution < -0.4 is 10.3 Å². The molecule has 3 aromatic rings. The summed E-state index contributed by atoms with van der Waals surface area (Å²) in [5.41, 5.74) is -5.18. The number of hydrogen-bond donors (Lipinski definition) is 0. The zero-order chi connectivity index (χ0) is 22.5. The maximum absolute atomic E-state index is 13.5. The average Bonchev–Trinajstić information content (AvgIpc) is 3.06. The Kier molecular flexibility index (Phi) is 4.94. The largest absolute Gasteiger partial charge is 0.481 e. The summed E-state index contributed by atoms with van der Waals surface area (Å²) in [5.74, 6) is -5.33. The van der Waals surface area contributed by atoms with E-state index >= 15 is 0 Å². The molecule has 3 heterocycles. The number of nitrogens with zero attached hydrogens (tertiary/aromatic N) is 5. The Morgan fingerprint density at radius 3 is 2.33 bits per heavy atom. The Labute approximate surface area is 160 Å². The van der Waals surface area contributed by atoms with Gasteiger partial charge in [0.1, 0.15) is 18.5 Å². The third kappa shape index (κ3) is 3.78. The molecule has 0 amide bonds. The van der Waals surface area contributed by atoms with Crippen LogP contribution in [0.2, 0.25) is 0 Å². The van der Waals surface area contributed by atoms with E-state index in [-0.39, 0.29) is 10.6 Å². The molecule has 7 nitrogen and oxygen atoms in total. The summed E-state index contributed by atoms with van der Waals surface area (Å²) >= 11 is 0. The molecule has 0 aliphatic carbocycles. The molecule has 3 aromatic heterocycles. The number of fused-ring (bicyclic) bond motifs is 1. The molecule has 162 valence electrons. The lowest BCUT2D eigenvalue weighted by Crippen LogP contribution is -2.40. The van der Waals surface area contributed by atoms with Gasteiger partial charge in [-0.3, -0.25) is 9.48 Å². The van der Waals surface area contributed by atoms with Gasteiger partial charge in [0.25, 0.3) is 5.56 Å². The first-order valence-corrected chi connectivity index (χ1v) is 7.75. The summed E-state index contributed by atoms with van der Waals surface area (Å²) in [7, 11) is 1.18. The van der Waals surface area contributed by atoms with Crippen LogP contribution in [0.1, 0.15) is 5.69 Å². The number of methoxy groups -OCH3 is 1. The van der Waals surface area contributed by atoms with E-state index in [0.29, 0.717) is 16.8 Å². The lowest BCUT2D eigenvalue weighted by Gasteiger charge is -2.19. The molecule has 15 heteroatoms. The molecule has 0 radical (unpaired) electrons. The van der Waals surface area contributed by atoms with Crippen LogP contribution in [0.3, 0.4) is 0 Å².